The van der Waals surface area contributed by atoms with Gasteiger partial charge in [0.2, 0.25) is 5.91 Å². The Hall–Kier alpha value is -0.220. The maximum atomic E-state index is 12.2. The highest BCUT2D eigenvalue weighted by Crippen LogP contribution is 2.30. The third-order valence-corrected chi connectivity index (χ3v) is 4.88. The van der Waals surface area contributed by atoms with Crippen molar-refractivity contribution >= 4 is 17.7 Å². The molecule has 2 aliphatic heterocycles. The van der Waals surface area contributed by atoms with Gasteiger partial charge in [-0.15, -0.1) is 0 Å². The Labute approximate surface area is 102 Å². The molecule has 1 amide bonds. The minimum Gasteiger partial charge on any atom is -0.340 e. The molecule has 2 rings (SSSR count). The van der Waals surface area contributed by atoms with E-state index in [-0.39, 0.29) is 6.04 Å². The lowest BCUT2D eigenvalue weighted by Crippen LogP contribution is -2.44. The number of carbonyl (C=O) groups is 1. The normalized spacial score (nSPS) is 30.1. The highest BCUT2D eigenvalue weighted by Gasteiger charge is 2.30. The van der Waals surface area contributed by atoms with Gasteiger partial charge in [0.1, 0.15) is 0 Å². The molecule has 1 unspecified atom stereocenters. The number of thioether (sulfide) groups is 1. The zero-order valence-electron chi connectivity index (χ0n) is 10.3. The van der Waals surface area contributed by atoms with Crippen molar-refractivity contribution in [1.29, 1.82) is 0 Å². The van der Waals surface area contributed by atoms with Crippen molar-refractivity contribution < 1.29 is 4.79 Å². The first-order valence-electron chi connectivity index (χ1n) is 6.25. The molecule has 2 fully saturated rings. The molecule has 2 saturated heterocycles. The minimum atomic E-state index is 0.103. The van der Waals surface area contributed by atoms with E-state index in [0.717, 1.165) is 44.6 Å². The fourth-order valence-corrected chi connectivity index (χ4v) is 3.46. The molecule has 4 heteroatoms. The van der Waals surface area contributed by atoms with Crippen LogP contribution in [0, 0.1) is 0 Å². The van der Waals surface area contributed by atoms with Gasteiger partial charge in [0.25, 0.3) is 0 Å². The summed E-state index contributed by atoms with van der Waals surface area (Å²) in [7, 11) is 0. The lowest BCUT2D eigenvalue weighted by Gasteiger charge is -2.25. The van der Waals surface area contributed by atoms with E-state index < -0.39 is 0 Å². The van der Waals surface area contributed by atoms with E-state index >= 15 is 0 Å². The number of carbonyl (C=O) groups excluding carboxylic acids is 1. The van der Waals surface area contributed by atoms with Crippen LogP contribution in [0.3, 0.4) is 0 Å². The first-order valence-corrected chi connectivity index (χ1v) is 7.23. The van der Waals surface area contributed by atoms with Crippen LogP contribution in [0.1, 0.15) is 33.1 Å². The van der Waals surface area contributed by atoms with E-state index in [0.29, 0.717) is 10.7 Å². The maximum Gasteiger partial charge on any atom is 0.239 e. The summed E-state index contributed by atoms with van der Waals surface area (Å²) in [6.07, 6.45) is 3.27. The van der Waals surface area contributed by atoms with Crippen molar-refractivity contribution in [2.24, 2.45) is 0 Å². The van der Waals surface area contributed by atoms with Crippen LogP contribution in [0.2, 0.25) is 0 Å². The molecule has 0 bridgehead atoms. The van der Waals surface area contributed by atoms with Gasteiger partial charge in [-0.3, -0.25) is 4.79 Å². The number of hydrogen-bond acceptors (Lipinski definition) is 3. The zero-order chi connectivity index (χ0) is 11.6. The summed E-state index contributed by atoms with van der Waals surface area (Å²) >= 11 is 1.99. The van der Waals surface area contributed by atoms with Crippen LogP contribution in [0.15, 0.2) is 0 Å². The summed E-state index contributed by atoms with van der Waals surface area (Å²) < 4.78 is 0.331. The summed E-state index contributed by atoms with van der Waals surface area (Å²) in [6, 6.07) is 0.103. The Balaban J connectivity index is 1.91. The molecule has 16 heavy (non-hydrogen) atoms. The molecule has 3 nitrogen and oxygen atoms in total. The number of nitrogens with zero attached hydrogens (tertiary/aromatic N) is 1. The molecule has 0 aromatic rings. The quantitative estimate of drug-likeness (QED) is 0.756. The Bertz CT molecular complexity index is 262. The van der Waals surface area contributed by atoms with Gasteiger partial charge in [0, 0.05) is 23.6 Å². The van der Waals surface area contributed by atoms with E-state index in [1.807, 2.05) is 11.8 Å². The molecule has 0 radical (unpaired) electrons. The van der Waals surface area contributed by atoms with Crippen LogP contribution in [-0.4, -0.2) is 47.0 Å². The van der Waals surface area contributed by atoms with E-state index in [4.69, 9.17) is 0 Å². The van der Waals surface area contributed by atoms with Crippen LogP contribution in [-0.2, 0) is 4.79 Å². The van der Waals surface area contributed by atoms with E-state index in [9.17, 15) is 4.79 Å². The second-order valence-corrected chi connectivity index (χ2v) is 7.13. The number of hydrogen-bond donors (Lipinski definition) is 1. The molecular weight excluding hydrogens is 220 g/mol. The first-order chi connectivity index (χ1) is 7.58. The largest absolute Gasteiger partial charge is 0.340 e. The Morgan fingerprint density at radius 3 is 2.94 bits per heavy atom. The van der Waals surface area contributed by atoms with Gasteiger partial charge in [0.05, 0.1) is 6.04 Å². The number of nitrogens with one attached hydrogen (secondary N) is 1. The fraction of sp³-hybridized carbons (Fsp3) is 0.917. The topological polar surface area (TPSA) is 32.3 Å². The molecule has 1 atom stereocenters. The molecule has 0 aromatic heterocycles. The Morgan fingerprint density at radius 1 is 1.44 bits per heavy atom. The van der Waals surface area contributed by atoms with Crippen LogP contribution in [0.5, 0.6) is 0 Å². The minimum absolute atomic E-state index is 0.103. The smallest absolute Gasteiger partial charge is 0.239 e. The molecule has 0 aromatic carbocycles. The first kappa shape index (κ1) is 12.2. The monoisotopic (exact) mass is 242 g/mol. The van der Waals surface area contributed by atoms with Crippen molar-refractivity contribution in [2.45, 2.75) is 43.9 Å². The van der Waals surface area contributed by atoms with Gasteiger partial charge in [-0.2, -0.15) is 11.8 Å². The number of amides is 1. The molecule has 2 heterocycles. The Morgan fingerprint density at radius 2 is 2.25 bits per heavy atom. The van der Waals surface area contributed by atoms with Crippen molar-refractivity contribution in [3.63, 3.8) is 0 Å². The SMILES string of the molecule is CC1(C)CCN(C(=O)C2CCCN2)CCS1. The van der Waals surface area contributed by atoms with Crippen molar-refractivity contribution in [3.8, 4) is 0 Å². The van der Waals surface area contributed by atoms with E-state index in [1.165, 1.54) is 0 Å². The van der Waals surface area contributed by atoms with Gasteiger partial charge >= 0.3 is 0 Å². The third-order valence-electron chi connectivity index (χ3n) is 3.51. The van der Waals surface area contributed by atoms with E-state index in [1.54, 1.807) is 0 Å². The summed E-state index contributed by atoms with van der Waals surface area (Å²) in [6.45, 7) is 7.41. The van der Waals surface area contributed by atoms with Crippen molar-refractivity contribution in [3.05, 3.63) is 0 Å². The van der Waals surface area contributed by atoms with E-state index in [2.05, 4.69) is 24.1 Å². The van der Waals surface area contributed by atoms with Crippen molar-refractivity contribution in [1.82, 2.24) is 10.2 Å². The standard InChI is InChI=1S/C12H22N2OS/c1-12(2)5-7-14(8-9-16-12)11(15)10-4-3-6-13-10/h10,13H,3-9H2,1-2H3. The Kier molecular flexibility index (Phi) is 3.80. The van der Waals surface area contributed by atoms with Gasteiger partial charge in [-0.05, 0) is 25.8 Å². The fourth-order valence-electron chi connectivity index (χ4n) is 2.36. The third kappa shape index (κ3) is 2.92. The molecule has 0 spiro atoms. The highest BCUT2D eigenvalue weighted by atomic mass is 32.2. The van der Waals surface area contributed by atoms with Gasteiger partial charge in [-0.25, -0.2) is 0 Å². The highest BCUT2D eigenvalue weighted by molar-refractivity contribution is 8.00. The predicted molar refractivity (Wildman–Crippen MR) is 68.8 cm³/mol. The number of rotatable bonds is 1. The summed E-state index contributed by atoms with van der Waals surface area (Å²) in [4.78, 5) is 14.3. The average molecular weight is 242 g/mol. The maximum absolute atomic E-state index is 12.2. The molecule has 1 N–H and O–H groups in total. The van der Waals surface area contributed by atoms with Crippen LogP contribution < -0.4 is 5.32 Å². The molecule has 92 valence electrons. The van der Waals surface area contributed by atoms with Gasteiger partial charge in [0.15, 0.2) is 0 Å². The van der Waals surface area contributed by atoms with Crippen LogP contribution in [0.25, 0.3) is 0 Å². The molecule has 0 saturated carbocycles. The second-order valence-electron chi connectivity index (χ2n) is 5.33. The van der Waals surface area contributed by atoms with Crippen LogP contribution in [0.4, 0.5) is 0 Å². The second kappa shape index (κ2) is 4.96. The molecule has 0 aliphatic carbocycles. The van der Waals surface area contributed by atoms with Gasteiger partial charge < -0.3 is 10.2 Å². The molecule has 2 aliphatic rings. The lowest BCUT2D eigenvalue weighted by atomic mass is 10.1. The summed E-state index contributed by atoms with van der Waals surface area (Å²) in [5.74, 6) is 1.40. The zero-order valence-corrected chi connectivity index (χ0v) is 11.1. The summed E-state index contributed by atoms with van der Waals surface area (Å²) in [5, 5.41) is 3.30. The predicted octanol–water partition coefficient (Wildman–Crippen LogP) is 1.48. The van der Waals surface area contributed by atoms with Crippen LogP contribution >= 0.6 is 11.8 Å². The van der Waals surface area contributed by atoms with Crippen molar-refractivity contribution in [2.75, 3.05) is 25.4 Å². The lowest BCUT2D eigenvalue weighted by molar-refractivity contribution is -0.132. The molecular formula is C12H22N2OS. The summed E-state index contributed by atoms with van der Waals surface area (Å²) in [5.41, 5.74) is 0. The van der Waals surface area contributed by atoms with Gasteiger partial charge in [-0.1, -0.05) is 13.8 Å². The average Bonchev–Trinajstić information content (AvgIpc) is 2.69.